The molecule has 0 N–H and O–H groups in total. The van der Waals surface area contributed by atoms with Gasteiger partial charge in [0.1, 0.15) is 5.60 Å². The van der Waals surface area contributed by atoms with Crippen molar-refractivity contribution >= 4 is 0 Å². The highest BCUT2D eigenvalue weighted by molar-refractivity contribution is 5.12. The second-order valence-corrected chi connectivity index (χ2v) is 7.44. The van der Waals surface area contributed by atoms with Crippen LogP contribution in [0.15, 0.2) is 0 Å². The van der Waals surface area contributed by atoms with Gasteiger partial charge in [0.25, 0.3) is 0 Å². The Labute approximate surface area is 121 Å². The first-order valence-electron chi connectivity index (χ1n) is 8.06. The second kappa shape index (κ2) is 4.19. The summed E-state index contributed by atoms with van der Waals surface area (Å²) in [5, 5.41) is 0. The van der Waals surface area contributed by atoms with Crippen LogP contribution in [-0.4, -0.2) is 31.1 Å². The lowest BCUT2D eigenvalue weighted by Crippen LogP contribution is -2.66. The molecule has 4 heteroatoms. The maximum absolute atomic E-state index is 6.57. The van der Waals surface area contributed by atoms with Crippen molar-refractivity contribution in [1.29, 1.82) is 0 Å². The van der Waals surface area contributed by atoms with Crippen LogP contribution in [0.5, 0.6) is 0 Å². The van der Waals surface area contributed by atoms with Gasteiger partial charge in [0, 0.05) is 25.4 Å². The van der Waals surface area contributed by atoms with Crippen LogP contribution in [0.2, 0.25) is 0 Å². The number of ether oxygens (including phenoxy) is 4. The number of rotatable bonds is 1. The molecule has 4 nitrogen and oxygen atoms in total. The van der Waals surface area contributed by atoms with E-state index in [-0.39, 0.29) is 18.2 Å². The third-order valence-electron chi connectivity index (χ3n) is 6.36. The van der Waals surface area contributed by atoms with Gasteiger partial charge in [-0.05, 0) is 38.0 Å². The summed E-state index contributed by atoms with van der Waals surface area (Å²) >= 11 is 0. The largest absolute Gasteiger partial charge is 0.355 e. The Morgan fingerprint density at radius 1 is 1.10 bits per heavy atom. The fraction of sp³-hybridized carbons (Fsp3) is 1.00. The van der Waals surface area contributed by atoms with Crippen LogP contribution in [0.4, 0.5) is 0 Å². The molecular formula is C16H26O4. The summed E-state index contributed by atoms with van der Waals surface area (Å²) in [5.74, 6) is 1.63. The zero-order valence-electron chi connectivity index (χ0n) is 12.9. The monoisotopic (exact) mass is 282 g/mol. The minimum Gasteiger partial charge on any atom is -0.355 e. The minimum atomic E-state index is -0.459. The summed E-state index contributed by atoms with van der Waals surface area (Å²) in [4.78, 5) is 0. The Morgan fingerprint density at radius 3 is 2.65 bits per heavy atom. The van der Waals surface area contributed by atoms with Gasteiger partial charge >= 0.3 is 0 Å². The fourth-order valence-electron chi connectivity index (χ4n) is 5.41. The summed E-state index contributed by atoms with van der Waals surface area (Å²) in [6.07, 6.45) is 4.22. The van der Waals surface area contributed by atoms with Gasteiger partial charge < -0.3 is 18.9 Å². The quantitative estimate of drug-likeness (QED) is 0.741. The molecule has 8 atom stereocenters. The van der Waals surface area contributed by atoms with Crippen LogP contribution in [-0.2, 0) is 18.9 Å². The summed E-state index contributed by atoms with van der Waals surface area (Å²) in [7, 11) is 1.73. The molecule has 2 bridgehead atoms. The highest BCUT2D eigenvalue weighted by atomic mass is 16.9. The van der Waals surface area contributed by atoms with Crippen LogP contribution in [0.25, 0.3) is 0 Å². The van der Waals surface area contributed by atoms with Crippen molar-refractivity contribution in [2.24, 2.45) is 23.7 Å². The molecule has 0 amide bonds. The third-order valence-corrected chi connectivity index (χ3v) is 6.36. The highest BCUT2D eigenvalue weighted by Gasteiger charge is 2.71. The summed E-state index contributed by atoms with van der Waals surface area (Å²) < 4.78 is 24.5. The first-order valence-corrected chi connectivity index (χ1v) is 8.06. The van der Waals surface area contributed by atoms with E-state index in [2.05, 4.69) is 20.8 Å². The normalized spacial score (nSPS) is 61.2. The van der Waals surface area contributed by atoms with Gasteiger partial charge in [-0.1, -0.05) is 13.8 Å². The van der Waals surface area contributed by atoms with Crippen molar-refractivity contribution in [3.63, 3.8) is 0 Å². The topological polar surface area (TPSA) is 36.9 Å². The average Bonchev–Trinajstić information content (AvgIpc) is 2.63. The summed E-state index contributed by atoms with van der Waals surface area (Å²) in [6, 6.07) is 0. The van der Waals surface area contributed by atoms with Gasteiger partial charge in [0.05, 0.1) is 0 Å². The molecule has 20 heavy (non-hydrogen) atoms. The number of hydrogen-bond donors (Lipinski definition) is 0. The molecule has 1 aliphatic carbocycles. The van der Waals surface area contributed by atoms with E-state index in [9.17, 15) is 0 Å². The fourth-order valence-corrected chi connectivity index (χ4v) is 5.41. The lowest BCUT2D eigenvalue weighted by molar-refractivity contribution is -0.332. The van der Waals surface area contributed by atoms with Gasteiger partial charge in [-0.25, -0.2) is 0 Å². The van der Waals surface area contributed by atoms with Crippen LogP contribution >= 0.6 is 0 Å². The molecule has 0 unspecified atom stereocenters. The molecule has 0 aromatic carbocycles. The molecule has 4 aliphatic rings. The van der Waals surface area contributed by atoms with Crippen molar-refractivity contribution in [2.45, 2.75) is 70.4 Å². The highest BCUT2D eigenvalue weighted by Crippen LogP contribution is 2.63. The molecule has 3 heterocycles. The molecule has 4 rings (SSSR count). The van der Waals surface area contributed by atoms with Gasteiger partial charge in [-0.15, -0.1) is 0 Å². The van der Waals surface area contributed by atoms with E-state index in [1.807, 2.05) is 0 Å². The van der Waals surface area contributed by atoms with Crippen molar-refractivity contribution < 1.29 is 18.9 Å². The van der Waals surface area contributed by atoms with Crippen LogP contribution < -0.4 is 0 Å². The number of methoxy groups -OCH3 is 1. The van der Waals surface area contributed by atoms with E-state index in [1.165, 1.54) is 19.3 Å². The van der Waals surface area contributed by atoms with Gasteiger partial charge in [0.15, 0.2) is 18.4 Å². The molecule has 0 aromatic heterocycles. The molecule has 0 radical (unpaired) electrons. The summed E-state index contributed by atoms with van der Waals surface area (Å²) in [6.45, 7) is 6.68. The van der Waals surface area contributed by atoms with E-state index < -0.39 is 5.79 Å². The first-order chi connectivity index (χ1) is 9.50. The zero-order valence-corrected chi connectivity index (χ0v) is 12.9. The number of fused-ring (bicyclic) bond motifs is 1. The Bertz CT molecular complexity index is 413. The molecule has 4 fully saturated rings. The lowest BCUT2D eigenvalue weighted by atomic mass is 9.57. The van der Waals surface area contributed by atoms with Crippen molar-refractivity contribution in [3.8, 4) is 0 Å². The van der Waals surface area contributed by atoms with Crippen LogP contribution in [0, 0.1) is 23.7 Å². The number of hydrogen-bond acceptors (Lipinski definition) is 4. The third kappa shape index (κ3) is 1.51. The van der Waals surface area contributed by atoms with Gasteiger partial charge in [-0.3, -0.25) is 0 Å². The first kappa shape index (κ1) is 13.5. The Balaban J connectivity index is 1.79. The van der Waals surface area contributed by atoms with Crippen LogP contribution in [0.3, 0.4) is 0 Å². The van der Waals surface area contributed by atoms with E-state index in [4.69, 9.17) is 18.9 Å². The van der Waals surface area contributed by atoms with Crippen molar-refractivity contribution in [1.82, 2.24) is 0 Å². The molecule has 3 aliphatic heterocycles. The smallest absolute Gasteiger partial charge is 0.193 e. The van der Waals surface area contributed by atoms with Crippen LogP contribution in [0.1, 0.15) is 46.5 Å². The maximum atomic E-state index is 6.57. The molecule has 114 valence electrons. The molecular weight excluding hydrogens is 256 g/mol. The molecule has 1 saturated carbocycles. The summed E-state index contributed by atoms with van der Waals surface area (Å²) in [5.41, 5.74) is -0.237. The van der Waals surface area contributed by atoms with Gasteiger partial charge in [-0.2, -0.15) is 0 Å². The molecule has 0 aromatic rings. The Kier molecular flexibility index (Phi) is 2.83. The van der Waals surface area contributed by atoms with Gasteiger partial charge in [0.2, 0.25) is 0 Å². The predicted molar refractivity (Wildman–Crippen MR) is 72.8 cm³/mol. The van der Waals surface area contributed by atoms with E-state index in [0.717, 1.165) is 6.42 Å². The minimum absolute atomic E-state index is 0.170. The predicted octanol–water partition coefficient (Wildman–Crippen LogP) is 2.91. The van der Waals surface area contributed by atoms with E-state index in [0.29, 0.717) is 23.7 Å². The SMILES string of the molecule is CO[C@H]1O[C@@H]2O[C@]3(C)CC[C@H]4[C@H](C)CC[C@@H]([C@H]1C)[C@@]24O3. The molecule has 1 spiro atoms. The lowest BCUT2D eigenvalue weighted by Gasteiger charge is -2.58. The molecule has 3 saturated heterocycles. The maximum Gasteiger partial charge on any atom is 0.193 e. The van der Waals surface area contributed by atoms with E-state index >= 15 is 0 Å². The van der Waals surface area contributed by atoms with E-state index in [1.54, 1.807) is 7.11 Å². The van der Waals surface area contributed by atoms with Crippen molar-refractivity contribution in [2.75, 3.05) is 7.11 Å². The Morgan fingerprint density at radius 2 is 1.90 bits per heavy atom. The van der Waals surface area contributed by atoms with Crippen molar-refractivity contribution in [3.05, 3.63) is 0 Å². The second-order valence-electron chi connectivity index (χ2n) is 7.44. The average molecular weight is 282 g/mol. The Hall–Kier alpha value is -0.160. The standard InChI is InChI=1S/C16H26O4/c1-9-5-6-12-10(2)13(17-4)18-14-16(12)11(9)7-8-15(3,19-14)20-16/h9-14H,5-8H2,1-4H3/t9-,10-,11+,12+,13+,14-,15+,16-/m1/s1. The zero-order chi connectivity index (χ0) is 14.1.